The van der Waals surface area contributed by atoms with E-state index >= 15 is 4.39 Å². The highest BCUT2D eigenvalue weighted by molar-refractivity contribution is 5.99. The van der Waals surface area contributed by atoms with Crippen LogP contribution in [0.4, 0.5) is 4.39 Å². The van der Waals surface area contributed by atoms with Gasteiger partial charge in [-0.25, -0.2) is 4.39 Å². The molecular weight excluding hydrogens is 463 g/mol. The Morgan fingerprint density at radius 3 is 2.53 bits per heavy atom. The van der Waals surface area contributed by atoms with Crippen LogP contribution in [0.2, 0.25) is 0 Å². The van der Waals surface area contributed by atoms with Gasteiger partial charge in [0.05, 0.1) is 24.5 Å². The lowest BCUT2D eigenvalue weighted by atomic mass is 10.0. The van der Waals surface area contributed by atoms with Crippen LogP contribution in [0.25, 0.3) is 27.7 Å². The van der Waals surface area contributed by atoms with Crippen molar-refractivity contribution in [1.82, 2.24) is 14.8 Å². The van der Waals surface area contributed by atoms with Crippen molar-refractivity contribution in [2.75, 3.05) is 7.11 Å². The van der Waals surface area contributed by atoms with Crippen LogP contribution in [0.1, 0.15) is 10.4 Å². The largest absolute Gasteiger partial charge is 0.497 e. The molecule has 178 valence electrons. The minimum atomic E-state index is -0.943. The number of rotatable bonds is 6. The molecule has 3 aromatic carbocycles. The third kappa shape index (κ3) is 4.14. The molecule has 0 saturated heterocycles. The lowest BCUT2D eigenvalue weighted by Gasteiger charge is -2.13. The van der Waals surface area contributed by atoms with Gasteiger partial charge in [0, 0.05) is 23.2 Å². The van der Waals surface area contributed by atoms with Crippen LogP contribution in [0.5, 0.6) is 17.2 Å². The van der Waals surface area contributed by atoms with Crippen LogP contribution in [-0.2, 0) is 0 Å². The summed E-state index contributed by atoms with van der Waals surface area (Å²) in [4.78, 5) is 29.5. The number of halogens is 1. The first-order chi connectivity index (χ1) is 17.5. The molecule has 0 aliphatic rings. The molecule has 2 aromatic heterocycles. The number of para-hydroxylation sites is 1. The number of methoxy groups -OCH3 is 1. The van der Waals surface area contributed by atoms with E-state index in [4.69, 9.17) is 15.2 Å². The smallest absolute Gasteiger partial charge is 0.284 e. The number of amides is 1. The highest BCUT2D eigenvalue weighted by Gasteiger charge is 2.20. The number of nitrogens with zero attached hydrogens (tertiary/aromatic N) is 3. The maximum Gasteiger partial charge on any atom is 0.284 e. The lowest BCUT2D eigenvalue weighted by Crippen LogP contribution is -2.31. The molecule has 0 fully saturated rings. The van der Waals surface area contributed by atoms with Crippen molar-refractivity contribution < 1.29 is 18.7 Å². The van der Waals surface area contributed by atoms with Crippen LogP contribution in [-0.4, -0.2) is 27.8 Å². The van der Waals surface area contributed by atoms with E-state index in [2.05, 4.69) is 10.1 Å². The van der Waals surface area contributed by atoms with Crippen LogP contribution >= 0.6 is 0 Å². The van der Waals surface area contributed by atoms with Crippen LogP contribution in [0.3, 0.4) is 0 Å². The average molecular weight is 482 g/mol. The van der Waals surface area contributed by atoms with Gasteiger partial charge >= 0.3 is 0 Å². The zero-order valence-electron chi connectivity index (χ0n) is 19.0. The number of hydrogen-bond donors (Lipinski definition) is 1. The van der Waals surface area contributed by atoms with Crippen molar-refractivity contribution in [2.24, 2.45) is 5.73 Å². The molecule has 2 heterocycles. The van der Waals surface area contributed by atoms with E-state index in [0.717, 1.165) is 10.7 Å². The second-order valence-electron chi connectivity index (χ2n) is 7.79. The predicted molar refractivity (Wildman–Crippen MR) is 132 cm³/mol. The lowest BCUT2D eigenvalue weighted by molar-refractivity contribution is 0.0999. The summed E-state index contributed by atoms with van der Waals surface area (Å²) in [6, 6.07) is 19.6. The Morgan fingerprint density at radius 2 is 1.81 bits per heavy atom. The molecule has 36 heavy (non-hydrogen) atoms. The van der Waals surface area contributed by atoms with Gasteiger partial charge in [-0.1, -0.05) is 24.3 Å². The second kappa shape index (κ2) is 9.30. The summed E-state index contributed by atoms with van der Waals surface area (Å²) in [5, 5.41) is 4.83. The van der Waals surface area contributed by atoms with E-state index in [1.807, 2.05) is 0 Å². The van der Waals surface area contributed by atoms with Gasteiger partial charge in [-0.05, 0) is 48.0 Å². The van der Waals surface area contributed by atoms with Crippen LogP contribution < -0.4 is 20.8 Å². The van der Waals surface area contributed by atoms with Gasteiger partial charge in [0.15, 0.2) is 11.6 Å². The number of primary amides is 1. The van der Waals surface area contributed by atoms with E-state index in [1.54, 1.807) is 67.9 Å². The van der Waals surface area contributed by atoms with Gasteiger partial charge in [-0.3, -0.25) is 14.6 Å². The fourth-order valence-electron chi connectivity index (χ4n) is 3.85. The number of fused-ring (bicyclic) bond motifs is 1. The Morgan fingerprint density at radius 1 is 1.00 bits per heavy atom. The third-order valence-corrected chi connectivity index (χ3v) is 5.60. The molecule has 9 heteroatoms. The Balaban J connectivity index is 1.53. The third-order valence-electron chi connectivity index (χ3n) is 5.60. The fourth-order valence-corrected chi connectivity index (χ4v) is 3.85. The second-order valence-corrected chi connectivity index (χ2v) is 7.79. The van der Waals surface area contributed by atoms with Gasteiger partial charge in [-0.15, -0.1) is 0 Å². The van der Waals surface area contributed by atoms with E-state index < -0.39 is 17.3 Å². The molecule has 0 atom stereocenters. The predicted octanol–water partition coefficient (Wildman–Crippen LogP) is 4.49. The van der Waals surface area contributed by atoms with Gasteiger partial charge in [-0.2, -0.15) is 9.78 Å². The molecule has 0 aliphatic carbocycles. The molecule has 0 spiro atoms. The van der Waals surface area contributed by atoms with E-state index in [9.17, 15) is 9.59 Å². The summed E-state index contributed by atoms with van der Waals surface area (Å²) in [6.07, 6.45) is 2.86. The van der Waals surface area contributed by atoms with Gasteiger partial charge in [0.25, 0.3) is 11.5 Å². The zero-order chi connectivity index (χ0) is 25.2. The first-order valence-electron chi connectivity index (χ1n) is 10.8. The number of hydrogen-bond acceptors (Lipinski definition) is 6. The molecule has 0 unspecified atom stereocenters. The van der Waals surface area contributed by atoms with Crippen molar-refractivity contribution in [1.29, 1.82) is 0 Å². The Hall–Kier alpha value is -5.05. The highest BCUT2D eigenvalue weighted by Crippen LogP contribution is 2.34. The number of pyridine rings is 1. The Labute approximate surface area is 204 Å². The normalized spacial score (nSPS) is 10.8. The molecule has 8 nitrogen and oxygen atoms in total. The monoisotopic (exact) mass is 482 g/mol. The SMILES string of the molecule is COc1ccc2c(Oc3ccc(-c4cnn(-c5ccccc5)c(=O)c4C(N)=O)cc3F)ccnc2c1. The molecule has 0 aliphatic heterocycles. The number of nitrogens with two attached hydrogens (primary N) is 1. The van der Waals surface area contributed by atoms with Gasteiger partial charge in [0.2, 0.25) is 0 Å². The highest BCUT2D eigenvalue weighted by atomic mass is 19.1. The minimum Gasteiger partial charge on any atom is -0.497 e. The summed E-state index contributed by atoms with van der Waals surface area (Å²) in [5.74, 6) is -0.654. The van der Waals surface area contributed by atoms with Crippen molar-refractivity contribution in [2.45, 2.75) is 0 Å². The first kappa shape index (κ1) is 22.7. The summed E-state index contributed by atoms with van der Waals surface area (Å²) in [6.45, 7) is 0. The van der Waals surface area contributed by atoms with E-state index in [-0.39, 0.29) is 22.4 Å². The molecule has 5 aromatic rings. The van der Waals surface area contributed by atoms with Crippen molar-refractivity contribution in [3.63, 3.8) is 0 Å². The van der Waals surface area contributed by atoms with Crippen molar-refractivity contribution in [3.05, 3.63) is 107 Å². The maximum atomic E-state index is 15.1. The molecule has 0 saturated carbocycles. The van der Waals surface area contributed by atoms with Crippen molar-refractivity contribution >= 4 is 16.8 Å². The standard InChI is InChI=1S/C27H19FN4O4/c1-35-18-8-9-19-22(14-18)30-12-11-23(19)36-24-10-7-16(13-21(24)28)20-15-31-32(17-5-3-2-4-6-17)27(34)25(20)26(29)33/h2-15H,1H3,(H2,29,33). The van der Waals surface area contributed by atoms with E-state index in [1.165, 1.54) is 18.3 Å². The topological polar surface area (TPSA) is 109 Å². The van der Waals surface area contributed by atoms with Gasteiger partial charge < -0.3 is 15.2 Å². The molecule has 5 rings (SSSR count). The van der Waals surface area contributed by atoms with Crippen molar-refractivity contribution in [3.8, 4) is 34.1 Å². The fraction of sp³-hybridized carbons (Fsp3) is 0.0370. The first-order valence-corrected chi connectivity index (χ1v) is 10.8. The van der Waals surface area contributed by atoms with E-state index in [0.29, 0.717) is 28.1 Å². The van der Waals surface area contributed by atoms with Crippen LogP contribution in [0, 0.1) is 5.82 Å². The quantitative estimate of drug-likeness (QED) is 0.382. The molecule has 2 N–H and O–H groups in total. The summed E-state index contributed by atoms with van der Waals surface area (Å²) in [5.41, 5.74) is 5.99. The van der Waals surface area contributed by atoms with Crippen LogP contribution in [0.15, 0.2) is 90.0 Å². The minimum absolute atomic E-state index is 0.0479. The van der Waals surface area contributed by atoms with Gasteiger partial charge in [0.1, 0.15) is 17.1 Å². The Kier molecular flexibility index (Phi) is 5.87. The summed E-state index contributed by atoms with van der Waals surface area (Å²) in [7, 11) is 1.56. The number of carbonyl (C=O) groups is 1. The Bertz CT molecular complexity index is 1670. The number of carbonyl (C=O) groups excluding carboxylic acids is 1. The molecule has 0 bridgehead atoms. The summed E-state index contributed by atoms with van der Waals surface area (Å²) >= 11 is 0. The number of benzene rings is 3. The number of ether oxygens (including phenoxy) is 2. The average Bonchev–Trinajstić information content (AvgIpc) is 2.89. The molecule has 1 amide bonds. The molecular formula is C27H19FN4O4. The zero-order valence-corrected chi connectivity index (χ0v) is 19.0. The summed E-state index contributed by atoms with van der Waals surface area (Å²) < 4.78 is 27.3. The maximum absolute atomic E-state index is 15.1. The molecule has 0 radical (unpaired) electrons. The number of aromatic nitrogens is 3.